The lowest BCUT2D eigenvalue weighted by atomic mass is 10.1. The van der Waals surface area contributed by atoms with Crippen LogP contribution in [0.4, 0.5) is 10.1 Å². The third-order valence-electron chi connectivity index (χ3n) is 4.65. The fraction of sp³-hybridized carbons (Fsp3) is 0.278. The van der Waals surface area contributed by atoms with E-state index in [0.29, 0.717) is 31.1 Å². The summed E-state index contributed by atoms with van der Waals surface area (Å²) in [5.74, 6) is 0.0213. The molecule has 0 bridgehead atoms. The van der Waals surface area contributed by atoms with Gasteiger partial charge in [0, 0.05) is 20.3 Å². The monoisotopic (exact) mass is 522 g/mol. The maximum absolute atomic E-state index is 14.7. The number of hydrogen-bond donors (Lipinski definition) is 0. The van der Waals surface area contributed by atoms with Gasteiger partial charge in [-0.05, 0) is 35.9 Å². The Morgan fingerprint density at radius 3 is 2.71 bits per heavy atom. The Labute approximate surface area is 185 Å². The molecule has 28 heavy (non-hydrogen) atoms. The first-order chi connectivity index (χ1) is 13.2. The molecule has 148 valence electrons. The highest BCUT2D eigenvalue weighted by Gasteiger charge is 2.47. The molecule has 0 saturated carbocycles. The molecule has 2 aliphatic rings. The third kappa shape index (κ3) is 4.07. The lowest BCUT2D eigenvalue weighted by Crippen LogP contribution is -2.39. The molecule has 10 heteroatoms. The first-order valence-corrected chi connectivity index (χ1v) is 12.7. The van der Waals surface area contributed by atoms with Gasteiger partial charge < -0.3 is 4.90 Å². The van der Waals surface area contributed by atoms with Crippen molar-refractivity contribution in [2.24, 2.45) is 4.99 Å². The van der Waals surface area contributed by atoms with E-state index in [1.807, 2.05) is 6.07 Å². The molecule has 0 radical (unpaired) electrons. The largest absolute Gasteiger partial charge is 0.312 e. The number of thioether (sulfide) groups is 1. The van der Waals surface area contributed by atoms with Crippen molar-refractivity contribution in [2.45, 2.75) is 17.8 Å². The number of anilines is 1. The SMILES string of the molecule is O=S1(=O)C[C@H]2N=C(SCc3ccc(Cl)cc3Cl)N(c3ccc(Br)cc3F)[C@H]2C1. The summed E-state index contributed by atoms with van der Waals surface area (Å²) < 4.78 is 39.5. The molecule has 0 unspecified atom stereocenters. The molecule has 0 N–H and O–H groups in total. The second kappa shape index (κ2) is 7.80. The summed E-state index contributed by atoms with van der Waals surface area (Å²) in [6.07, 6.45) is 0. The number of benzene rings is 2. The summed E-state index contributed by atoms with van der Waals surface area (Å²) in [6.45, 7) is 0. The Morgan fingerprint density at radius 2 is 2.00 bits per heavy atom. The van der Waals surface area contributed by atoms with Crippen LogP contribution < -0.4 is 4.90 Å². The minimum Gasteiger partial charge on any atom is -0.312 e. The van der Waals surface area contributed by atoms with Crippen molar-refractivity contribution in [1.82, 2.24) is 0 Å². The van der Waals surface area contributed by atoms with Crippen molar-refractivity contribution in [2.75, 3.05) is 16.4 Å². The van der Waals surface area contributed by atoms with E-state index in [-0.39, 0.29) is 11.5 Å². The highest BCUT2D eigenvalue weighted by atomic mass is 79.9. The zero-order valence-electron chi connectivity index (χ0n) is 14.3. The standard InChI is InChI=1S/C18H14BrCl2FN2O2S2/c19-11-2-4-16(14(22)5-11)24-17-9-28(25,26)8-15(17)23-18(24)27-7-10-1-3-12(20)6-13(10)21/h1-6,15,17H,7-9H2/t15-,17+/m1/s1. The molecule has 2 aliphatic heterocycles. The predicted octanol–water partition coefficient (Wildman–Crippen LogP) is 5.17. The fourth-order valence-corrected chi connectivity index (χ4v) is 7.22. The maximum atomic E-state index is 14.7. The summed E-state index contributed by atoms with van der Waals surface area (Å²) >= 11 is 16.9. The zero-order chi connectivity index (χ0) is 20.1. The van der Waals surface area contributed by atoms with E-state index < -0.39 is 27.7 Å². The van der Waals surface area contributed by atoms with E-state index in [1.165, 1.54) is 17.8 Å². The van der Waals surface area contributed by atoms with Crippen LogP contribution in [0.1, 0.15) is 5.56 Å². The maximum Gasteiger partial charge on any atom is 0.164 e. The Balaban J connectivity index is 1.65. The van der Waals surface area contributed by atoms with Crippen LogP contribution in [0.5, 0.6) is 0 Å². The van der Waals surface area contributed by atoms with E-state index in [0.717, 1.165) is 5.56 Å². The van der Waals surface area contributed by atoms with Crippen LogP contribution in [0.2, 0.25) is 10.0 Å². The van der Waals surface area contributed by atoms with Crippen molar-refractivity contribution < 1.29 is 12.8 Å². The second-order valence-electron chi connectivity index (χ2n) is 6.61. The molecule has 1 fully saturated rings. The topological polar surface area (TPSA) is 49.7 Å². The molecular formula is C18H14BrCl2FN2O2S2. The number of nitrogens with zero attached hydrogens (tertiary/aromatic N) is 2. The highest BCUT2D eigenvalue weighted by Crippen LogP contribution is 2.38. The number of halogens is 4. The van der Waals surface area contributed by atoms with Crippen LogP contribution in [0.15, 0.2) is 45.9 Å². The van der Waals surface area contributed by atoms with E-state index in [4.69, 9.17) is 23.2 Å². The normalized spacial score (nSPS) is 23.0. The van der Waals surface area contributed by atoms with E-state index >= 15 is 0 Å². The Kier molecular flexibility index (Phi) is 5.70. The minimum absolute atomic E-state index is 0.0158. The zero-order valence-corrected chi connectivity index (χ0v) is 19.0. The second-order valence-corrected chi connectivity index (χ2v) is 11.5. The molecule has 2 aromatic carbocycles. The Hall–Kier alpha value is -0.800. The Morgan fingerprint density at radius 1 is 1.21 bits per heavy atom. The number of sulfone groups is 1. The molecule has 0 aromatic heterocycles. The summed E-state index contributed by atoms with van der Waals surface area (Å²) in [5.41, 5.74) is 1.20. The van der Waals surface area contributed by atoms with Gasteiger partial charge in [0.25, 0.3) is 0 Å². The van der Waals surface area contributed by atoms with Gasteiger partial charge in [-0.1, -0.05) is 57.0 Å². The quantitative estimate of drug-likeness (QED) is 0.556. The van der Waals surface area contributed by atoms with Gasteiger partial charge in [-0.15, -0.1) is 0 Å². The summed E-state index contributed by atoms with van der Waals surface area (Å²) in [5, 5.41) is 1.69. The molecule has 4 rings (SSSR count). The highest BCUT2D eigenvalue weighted by molar-refractivity contribution is 9.10. The first kappa shape index (κ1) is 20.5. The average molecular weight is 524 g/mol. The van der Waals surface area contributed by atoms with Crippen molar-refractivity contribution in [3.8, 4) is 0 Å². The first-order valence-electron chi connectivity index (χ1n) is 8.33. The lowest BCUT2D eigenvalue weighted by molar-refractivity contribution is 0.600. The van der Waals surface area contributed by atoms with E-state index in [1.54, 1.807) is 29.2 Å². The number of aliphatic imine (C=N–C) groups is 1. The van der Waals surface area contributed by atoms with Gasteiger partial charge in [-0.2, -0.15) is 0 Å². The molecule has 4 nitrogen and oxygen atoms in total. The van der Waals surface area contributed by atoms with Crippen LogP contribution in [-0.4, -0.2) is 37.2 Å². The number of rotatable bonds is 3. The molecular weight excluding hydrogens is 510 g/mol. The molecule has 2 atom stereocenters. The molecule has 0 amide bonds. The summed E-state index contributed by atoms with van der Waals surface area (Å²) in [7, 11) is -3.19. The van der Waals surface area contributed by atoms with Gasteiger partial charge in [0.2, 0.25) is 0 Å². The van der Waals surface area contributed by atoms with Crippen LogP contribution >= 0.6 is 50.9 Å². The fourth-order valence-electron chi connectivity index (χ4n) is 3.37. The van der Waals surface area contributed by atoms with Gasteiger partial charge in [-0.3, -0.25) is 4.99 Å². The van der Waals surface area contributed by atoms with Crippen molar-refractivity contribution in [1.29, 1.82) is 0 Å². The molecule has 1 saturated heterocycles. The molecule has 0 aliphatic carbocycles. The van der Waals surface area contributed by atoms with Gasteiger partial charge in [0.05, 0.1) is 29.3 Å². The van der Waals surface area contributed by atoms with E-state index in [2.05, 4.69) is 20.9 Å². The van der Waals surface area contributed by atoms with Crippen LogP contribution in [0, 0.1) is 5.82 Å². The summed E-state index contributed by atoms with van der Waals surface area (Å²) in [6, 6.07) is 9.20. The lowest BCUT2D eigenvalue weighted by Gasteiger charge is -2.27. The molecule has 2 aromatic rings. The van der Waals surface area contributed by atoms with Crippen molar-refractivity contribution in [3.05, 3.63) is 62.3 Å². The number of hydrogen-bond acceptors (Lipinski definition) is 5. The smallest absolute Gasteiger partial charge is 0.164 e. The third-order valence-corrected chi connectivity index (χ3v) is 8.44. The minimum atomic E-state index is -3.19. The molecule has 0 spiro atoms. The van der Waals surface area contributed by atoms with Crippen LogP contribution in [0.25, 0.3) is 0 Å². The van der Waals surface area contributed by atoms with Crippen molar-refractivity contribution >= 4 is 71.6 Å². The van der Waals surface area contributed by atoms with Crippen LogP contribution in [-0.2, 0) is 15.6 Å². The number of amidine groups is 1. The number of fused-ring (bicyclic) bond motifs is 1. The Bertz CT molecular complexity index is 1080. The molecule has 2 heterocycles. The van der Waals surface area contributed by atoms with Gasteiger partial charge in [-0.25, -0.2) is 12.8 Å². The van der Waals surface area contributed by atoms with Gasteiger partial charge >= 0.3 is 0 Å². The van der Waals surface area contributed by atoms with Crippen molar-refractivity contribution in [3.63, 3.8) is 0 Å². The average Bonchev–Trinajstić information content (AvgIpc) is 3.06. The summed E-state index contributed by atoms with van der Waals surface area (Å²) in [4.78, 5) is 6.32. The predicted molar refractivity (Wildman–Crippen MR) is 118 cm³/mol. The van der Waals surface area contributed by atoms with Gasteiger partial charge in [0.15, 0.2) is 15.0 Å². The van der Waals surface area contributed by atoms with E-state index in [9.17, 15) is 12.8 Å². The van der Waals surface area contributed by atoms with Gasteiger partial charge in [0.1, 0.15) is 5.82 Å². The van der Waals surface area contributed by atoms with Crippen LogP contribution in [0.3, 0.4) is 0 Å².